The van der Waals surface area contributed by atoms with Gasteiger partial charge in [0.05, 0.1) is 11.0 Å². The summed E-state index contributed by atoms with van der Waals surface area (Å²) in [4.78, 5) is 51.9. The Labute approximate surface area is 269 Å². The van der Waals surface area contributed by atoms with E-state index in [2.05, 4.69) is 0 Å². The van der Waals surface area contributed by atoms with Gasteiger partial charge in [0.2, 0.25) is 6.10 Å². The fraction of sp³-hybridized carbons (Fsp3) is 0.455. The van der Waals surface area contributed by atoms with Crippen LogP contribution >= 0.6 is 0 Å². The lowest BCUT2D eigenvalue weighted by atomic mass is 9.54. The second kappa shape index (κ2) is 12.6. The Bertz CT molecular complexity index is 1610. The zero-order chi connectivity index (χ0) is 34.4. The number of benzene rings is 2. The van der Waals surface area contributed by atoms with Crippen LogP contribution in [0.15, 0.2) is 54.3 Å². The molecule has 2 heterocycles. The van der Waals surface area contributed by atoms with Crippen molar-refractivity contribution >= 4 is 23.9 Å². The minimum atomic E-state index is -2.51. The molecule has 0 aromatic heterocycles. The zero-order valence-electron chi connectivity index (χ0n) is 26.2. The van der Waals surface area contributed by atoms with E-state index in [1.54, 1.807) is 24.3 Å². The second-order valence-electron chi connectivity index (χ2n) is 12.2. The number of aliphatic carboxylic acids is 1. The van der Waals surface area contributed by atoms with Crippen LogP contribution in [0.2, 0.25) is 0 Å². The van der Waals surface area contributed by atoms with Gasteiger partial charge in [-0.2, -0.15) is 0 Å². The number of aliphatic hydroxyl groups excluding tert-OH is 2. The summed E-state index contributed by atoms with van der Waals surface area (Å²) in [5.74, 6) is -5.89. The summed E-state index contributed by atoms with van der Waals surface area (Å²) in [6, 6.07) is 10.3. The van der Waals surface area contributed by atoms with Crippen molar-refractivity contribution in [3.05, 3.63) is 71.0 Å². The van der Waals surface area contributed by atoms with Crippen LogP contribution in [0, 0.1) is 6.92 Å². The molecule has 0 bridgehead atoms. The third-order valence-electron chi connectivity index (χ3n) is 9.52. The maximum Gasteiger partial charge on any atom is 0.349 e. The lowest BCUT2D eigenvalue weighted by molar-refractivity contribution is -0.185. The number of phenols is 1. The molecular weight excluding hydrogens is 618 g/mol. The van der Waals surface area contributed by atoms with Gasteiger partial charge < -0.3 is 49.4 Å². The Morgan fingerprint density at radius 1 is 1.00 bits per heavy atom. The van der Waals surface area contributed by atoms with Crippen molar-refractivity contribution in [2.24, 2.45) is 0 Å². The molecule has 3 aliphatic rings. The van der Waals surface area contributed by atoms with Crippen LogP contribution in [-0.2, 0) is 38.8 Å². The van der Waals surface area contributed by atoms with Crippen molar-refractivity contribution in [1.82, 2.24) is 4.90 Å². The van der Waals surface area contributed by atoms with Crippen LogP contribution in [-0.4, -0.2) is 104 Å². The number of rotatable bonds is 9. The van der Waals surface area contributed by atoms with Gasteiger partial charge in [0.25, 0.3) is 0 Å². The van der Waals surface area contributed by atoms with E-state index < -0.39 is 65.4 Å². The number of nitrogens with zero attached hydrogens (tertiary/aromatic N) is 1. The topological polar surface area (TPSA) is 210 Å². The molecule has 47 heavy (non-hydrogen) atoms. The molecule has 8 atom stereocenters. The SMILES string of the molecule is Cc1ccc(O)c2c1[C@]13CCN(C)[C@H](C)[C@]1(O)CC=C(OC(=O)[C@H](O)[C@@H](O)C(=O)O[C@@H](C)C(=O)O[C@H](C(=O)O)c1ccccc1)[C@@H]3O2. The summed E-state index contributed by atoms with van der Waals surface area (Å²) >= 11 is 0. The number of hydrogen-bond donors (Lipinski definition) is 5. The summed E-state index contributed by atoms with van der Waals surface area (Å²) in [5, 5.41) is 53.5. The molecule has 0 saturated carbocycles. The highest BCUT2D eigenvalue weighted by Crippen LogP contribution is 2.62. The lowest BCUT2D eigenvalue weighted by Gasteiger charge is -2.58. The van der Waals surface area contributed by atoms with Gasteiger partial charge in [-0.3, -0.25) is 0 Å². The number of aromatic hydroxyl groups is 1. The first kappa shape index (κ1) is 33.9. The molecule has 5 N–H and O–H groups in total. The summed E-state index contributed by atoms with van der Waals surface area (Å²) < 4.78 is 21.5. The number of likely N-dealkylation sites (N-methyl/N-ethyl adjacent to an activating group) is 1. The number of carboxylic acid groups (broad SMARTS) is 1. The van der Waals surface area contributed by atoms with Crippen LogP contribution in [0.5, 0.6) is 11.5 Å². The van der Waals surface area contributed by atoms with Crippen LogP contribution < -0.4 is 4.74 Å². The van der Waals surface area contributed by atoms with Gasteiger partial charge in [-0.1, -0.05) is 36.4 Å². The van der Waals surface area contributed by atoms with Crippen molar-refractivity contribution in [2.45, 2.75) is 81.2 Å². The van der Waals surface area contributed by atoms with Crippen molar-refractivity contribution in [1.29, 1.82) is 0 Å². The molecule has 1 saturated heterocycles. The van der Waals surface area contributed by atoms with Crippen molar-refractivity contribution in [3.8, 4) is 11.5 Å². The number of carbonyl (C=O) groups excluding carboxylic acids is 3. The first-order valence-electron chi connectivity index (χ1n) is 15.0. The minimum absolute atomic E-state index is 0.0101. The van der Waals surface area contributed by atoms with Crippen molar-refractivity contribution < 1.29 is 63.7 Å². The number of aliphatic hydroxyl groups is 3. The molecule has 0 radical (unpaired) electrons. The number of esters is 3. The van der Waals surface area contributed by atoms with Crippen LogP contribution in [0.1, 0.15) is 49.5 Å². The second-order valence-corrected chi connectivity index (χ2v) is 12.2. The van der Waals surface area contributed by atoms with E-state index in [-0.39, 0.29) is 35.3 Å². The summed E-state index contributed by atoms with van der Waals surface area (Å²) in [6.45, 7) is 5.28. The fourth-order valence-electron chi connectivity index (χ4n) is 6.83. The number of hydrogen-bond acceptors (Lipinski definition) is 13. The first-order valence-corrected chi connectivity index (χ1v) is 15.0. The highest BCUT2D eigenvalue weighted by Gasteiger charge is 2.69. The molecule has 0 unspecified atom stereocenters. The van der Waals surface area contributed by atoms with Crippen LogP contribution in [0.4, 0.5) is 0 Å². The highest BCUT2D eigenvalue weighted by atomic mass is 16.6. The smallest absolute Gasteiger partial charge is 0.349 e. The lowest BCUT2D eigenvalue weighted by Crippen LogP contribution is -2.71. The van der Waals surface area contributed by atoms with E-state index in [0.29, 0.717) is 18.5 Å². The van der Waals surface area contributed by atoms with E-state index in [1.807, 2.05) is 25.8 Å². The van der Waals surface area contributed by atoms with E-state index in [9.17, 15) is 44.7 Å². The van der Waals surface area contributed by atoms with Gasteiger partial charge in [-0.15, -0.1) is 0 Å². The molecule has 1 spiro atoms. The highest BCUT2D eigenvalue weighted by molar-refractivity contribution is 5.88. The number of piperidine rings is 1. The summed E-state index contributed by atoms with van der Waals surface area (Å²) in [6.07, 6.45) is -7.71. The average molecular weight is 656 g/mol. The molecule has 1 aliphatic carbocycles. The molecule has 14 nitrogen and oxygen atoms in total. The fourth-order valence-corrected chi connectivity index (χ4v) is 6.83. The normalized spacial score (nSPS) is 27.3. The van der Waals surface area contributed by atoms with Crippen LogP contribution in [0.25, 0.3) is 0 Å². The largest absolute Gasteiger partial charge is 0.504 e. The molecule has 5 rings (SSSR count). The van der Waals surface area contributed by atoms with Gasteiger partial charge >= 0.3 is 23.9 Å². The van der Waals surface area contributed by atoms with Gasteiger partial charge in [0.1, 0.15) is 5.76 Å². The Hall–Kier alpha value is -4.50. The van der Waals surface area contributed by atoms with Crippen molar-refractivity contribution in [2.75, 3.05) is 13.6 Å². The number of fused-ring (bicyclic) bond motifs is 1. The predicted octanol–water partition coefficient (Wildman–Crippen LogP) is 1.01. The van der Waals surface area contributed by atoms with E-state index in [1.165, 1.54) is 24.3 Å². The van der Waals surface area contributed by atoms with Gasteiger partial charge in [0.15, 0.2) is 35.9 Å². The van der Waals surface area contributed by atoms with Crippen molar-refractivity contribution in [3.63, 3.8) is 0 Å². The van der Waals surface area contributed by atoms with Crippen LogP contribution in [0.3, 0.4) is 0 Å². The summed E-state index contributed by atoms with van der Waals surface area (Å²) in [7, 11) is 1.88. The molecule has 0 amide bonds. The van der Waals surface area contributed by atoms with E-state index in [4.69, 9.17) is 18.9 Å². The third-order valence-corrected chi connectivity index (χ3v) is 9.52. The monoisotopic (exact) mass is 655 g/mol. The minimum Gasteiger partial charge on any atom is -0.504 e. The average Bonchev–Trinajstić information content (AvgIpc) is 3.42. The number of ether oxygens (including phenoxy) is 4. The molecule has 2 aliphatic heterocycles. The molecule has 1 fully saturated rings. The van der Waals surface area contributed by atoms with E-state index in [0.717, 1.165) is 12.5 Å². The molecule has 2 aromatic carbocycles. The standard InChI is InChI=1S/C33H37NO13/c1-16-10-11-20(35)26-22(16)32-14-15-34(4)18(3)33(32,43)13-12-21(27(32)46-26)45-31(42)24(37)23(36)30(41)44-17(2)29(40)47-25(28(38)39)19-8-6-5-7-9-19/h5-12,17-18,23-25,27,35-37,43H,13-15H2,1-4H3,(H,38,39)/t17-,18+,23+,24+,25-,27-,32-,33+/m0/s1. The Kier molecular flexibility index (Phi) is 9.08. The molecular formula is C33H37NO13. The number of phenolic OH excluding ortho intramolecular Hbond substituents is 1. The number of aryl methyl sites for hydroxylation is 1. The maximum absolute atomic E-state index is 13.1. The maximum atomic E-state index is 13.1. The first-order chi connectivity index (χ1) is 22.1. The Morgan fingerprint density at radius 2 is 1.66 bits per heavy atom. The Morgan fingerprint density at radius 3 is 2.32 bits per heavy atom. The zero-order valence-corrected chi connectivity index (χ0v) is 26.2. The summed E-state index contributed by atoms with van der Waals surface area (Å²) in [5.41, 5.74) is -1.11. The molecule has 2 aromatic rings. The number of carbonyl (C=O) groups is 4. The third kappa shape index (κ3) is 5.60. The number of likely N-dealkylation sites (tertiary alicyclic amines) is 1. The Balaban J connectivity index is 1.30. The van der Waals surface area contributed by atoms with Gasteiger partial charge in [-0.25, -0.2) is 19.2 Å². The molecule has 14 heteroatoms. The number of carboxylic acids is 1. The van der Waals surface area contributed by atoms with Gasteiger partial charge in [0, 0.05) is 23.6 Å². The van der Waals surface area contributed by atoms with Gasteiger partial charge in [-0.05, 0) is 58.5 Å². The quantitative estimate of drug-likeness (QED) is 0.189. The van der Waals surface area contributed by atoms with E-state index >= 15 is 0 Å². The predicted molar refractivity (Wildman–Crippen MR) is 160 cm³/mol. The molecule has 252 valence electrons.